The summed E-state index contributed by atoms with van der Waals surface area (Å²) in [5, 5.41) is 0.515. The molecule has 0 radical (unpaired) electrons. The molecule has 0 unspecified atom stereocenters. The molecule has 0 aromatic carbocycles. The average Bonchev–Trinajstić information content (AvgIpc) is 1.86. The van der Waals surface area contributed by atoms with Gasteiger partial charge in [0.05, 0.1) is 5.69 Å². The van der Waals surface area contributed by atoms with Crippen molar-refractivity contribution in [1.29, 1.82) is 0 Å². The van der Waals surface area contributed by atoms with Gasteiger partial charge in [-0.1, -0.05) is 11.6 Å². The van der Waals surface area contributed by atoms with E-state index in [-0.39, 0.29) is 0 Å². The third-order valence-corrected chi connectivity index (χ3v) is 1.57. The molecule has 0 saturated heterocycles. The topological polar surface area (TPSA) is 12.9 Å². The van der Waals surface area contributed by atoms with E-state index >= 15 is 0 Å². The summed E-state index contributed by atoms with van der Waals surface area (Å²) in [6.45, 7) is 2.90. The molecular formula is C8H9ClFN. The first kappa shape index (κ1) is 8.47. The Balaban J connectivity index is 3.06. The van der Waals surface area contributed by atoms with E-state index in [0.29, 0.717) is 10.7 Å². The molecule has 3 heteroatoms. The van der Waals surface area contributed by atoms with Gasteiger partial charge in [-0.2, -0.15) is 0 Å². The van der Waals surface area contributed by atoms with Crippen LogP contribution in [-0.2, 0) is 5.67 Å². The van der Waals surface area contributed by atoms with Gasteiger partial charge in [0.2, 0.25) is 0 Å². The number of aromatic nitrogens is 1. The van der Waals surface area contributed by atoms with Crippen molar-refractivity contribution in [2.24, 2.45) is 0 Å². The lowest BCUT2D eigenvalue weighted by molar-refractivity contribution is 0.214. The summed E-state index contributed by atoms with van der Waals surface area (Å²) in [5.41, 5.74) is -1.05. The van der Waals surface area contributed by atoms with Crippen LogP contribution in [0.5, 0.6) is 0 Å². The van der Waals surface area contributed by atoms with Crippen LogP contribution in [0.4, 0.5) is 4.39 Å². The largest absolute Gasteiger partial charge is 0.258 e. The number of hydrogen-bond donors (Lipinski definition) is 0. The van der Waals surface area contributed by atoms with Crippen molar-refractivity contribution < 1.29 is 4.39 Å². The van der Waals surface area contributed by atoms with Gasteiger partial charge in [-0.15, -0.1) is 0 Å². The van der Waals surface area contributed by atoms with Gasteiger partial charge in [0.1, 0.15) is 5.67 Å². The van der Waals surface area contributed by atoms with E-state index in [0.717, 1.165) is 0 Å². The van der Waals surface area contributed by atoms with Crippen molar-refractivity contribution >= 4 is 11.6 Å². The Morgan fingerprint density at radius 2 is 2.18 bits per heavy atom. The molecule has 0 bridgehead atoms. The highest BCUT2D eigenvalue weighted by atomic mass is 35.5. The smallest absolute Gasteiger partial charge is 0.147 e. The maximum atomic E-state index is 13.2. The molecule has 11 heavy (non-hydrogen) atoms. The Labute approximate surface area is 70.2 Å². The van der Waals surface area contributed by atoms with E-state index in [9.17, 15) is 4.39 Å². The van der Waals surface area contributed by atoms with Crippen molar-refractivity contribution in [2.75, 3.05) is 0 Å². The molecule has 1 rings (SSSR count). The summed E-state index contributed by atoms with van der Waals surface area (Å²) in [4.78, 5) is 3.85. The minimum absolute atomic E-state index is 0.366. The number of alkyl halides is 1. The molecular weight excluding hydrogens is 165 g/mol. The van der Waals surface area contributed by atoms with Gasteiger partial charge in [-0.25, -0.2) is 4.39 Å². The predicted octanol–water partition coefficient (Wildman–Crippen LogP) is 2.94. The summed E-state index contributed by atoms with van der Waals surface area (Å²) >= 11 is 5.64. The first-order valence-electron chi connectivity index (χ1n) is 3.31. The molecule has 0 N–H and O–H groups in total. The van der Waals surface area contributed by atoms with Crippen LogP contribution in [0, 0.1) is 0 Å². The maximum absolute atomic E-state index is 13.2. The fourth-order valence-electron chi connectivity index (χ4n) is 0.730. The fourth-order valence-corrected chi connectivity index (χ4v) is 0.890. The molecule has 1 aromatic rings. The Morgan fingerprint density at radius 3 is 2.55 bits per heavy atom. The minimum atomic E-state index is -1.41. The highest BCUT2D eigenvalue weighted by Crippen LogP contribution is 2.23. The molecule has 0 spiro atoms. The van der Waals surface area contributed by atoms with Crippen LogP contribution in [0.1, 0.15) is 19.5 Å². The Kier molecular flexibility index (Phi) is 2.14. The summed E-state index contributed by atoms with van der Waals surface area (Å²) in [5.74, 6) is 0. The van der Waals surface area contributed by atoms with Gasteiger partial charge >= 0.3 is 0 Å². The van der Waals surface area contributed by atoms with E-state index < -0.39 is 5.67 Å². The minimum Gasteiger partial charge on any atom is -0.258 e. The summed E-state index contributed by atoms with van der Waals surface area (Å²) in [6, 6.07) is 3.15. The number of hydrogen-bond acceptors (Lipinski definition) is 1. The number of nitrogens with zero attached hydrogens (tertiary/aromatic N) is 1. The molecule has 0 aliphatic rings. The van der Waals surface area contributed by atoms with Gasteiger partial charge < -0.3 is 0 Å². The average molecular weight is 174 g/mol. The third kappa shape index (κ3) is 2.15. The molecule has 0 amide bonds. The molecule has 0 atom stereocenters. The molecule has 0 aliphatic heterocycles. The Morgan fingerprint density at radius 1 is 1.55 bits per heavy atom. The van der Waals surface area contributed by atoms with Crippen molar-refractivity contribution in [3.63, 3.8) is 0 Å². The number of halogens is 2. The number of rotatable bonds is 1. The molecule has 60 valence electrons. The van der Waals surface area contributed by atoms with E-state index in [1.54, 1.807) is 6.07 Å². The lowest BCUT2D eigenvalue weighted by atomic mass is 10.1. The van der Waals surface area contributed by atoms with Crippen LogP contribution in [-0.4, -0.2) is 4.98 Å². The molecule has 0 aliphatic carbocycles. The Hall–Kier alpha value is -0.630. The second-order valence-corrected chi connectivity index (χ2v) is 3.27. The van der Waals surface area contributed by atoms with E-state index in [4.69, 9.17) is 11.6 Å². The first-order chi connectivity index (χ1) is 5.00. The monoisotopic (exact) mass is 173 g/mol. The second kappa shape index (κ2) is 2.78. The molecule has 0 fully saturated rings. The molecule has 0 saturated carbocycles. The Bertz CT molecular complexity index is 255. The van der Waals surface area contributed by atoms with Crippen LogP contribution < -0.4 is 0 Å². The molecule has 1 nitrogen and oxygen atoms in total. The van der Waals surface area contributed by atoms with Gasteiger partial charge in [-0.3, -0.25) is 4.98 Å². The lowest BCUT2D eigenvalue weighted by Gasteiger charge is -2.12. The predicted molar refractivity (Wildman–Crippen MR) is 43.4 cm³/mol. The van der Waals surface area contributed by atoms with Crippen LogP contribution >= 0.6 is 11.6 Å². The van der Waals surface area contributed by atoms with Crippen molar-refractivity contribution in [3.05, 3.63) is 29.0 Å². The van der Waals surface area contributed by atoms with Gasteiger partial charge in [0, 0.05) is 11.2 Å². The van der Waals surface area contributed by atoms with Crippen LogP contribution in [0.2, 0.25) is 5.02 Å². The standard InChI is InChI=1S/C8H9ClFN/c1-8(2,10)7-5-6(9)3-4-11-7/h3-5H,1-2H3. The zero-order chi connectivity index (χ0) is 8.48. The highest BCUT2D eigenvalue weighted by molar-refractivity contribution is 6.30. The molecule has 1 aromatic heterocycles. The van der Waals surface area contributed by atoms with Gasteiger partial charge in [0.15, 0.2) is 0 Å². The highest BCUT2D eigenvalue weighted by Gasteiger charge is 2.19. The van der Waals surface area contributed by atoms with E-state index in [1.807, 2.05) is 0 Å². The quantitative estimate of drug-likeness (QED) is 0.637. The second-order valence-electron chi connectivity index (χ2n) is 2.83. The SMILES string of the molecule is CC(C)(F)c1cc(Cl)ccn1. The summed E-state index contributed by atoms with van der Waals surface area (Å²) in [7, 11) is 0. The van der Waals surface area contributed by atoms with Crippen LogP contribution in [0.25, 0.3) is 0 Å². The zero-order valence-electron chi connectivity index (χ0n) is 6.44. The summed E-state index contributed by atoms with van der Waals surface area (Å²) in [6.07, 6.45) is 1.50. The summed E-state index contributed by atoms with van der Waals surface area (Å²) < 4.78 is 13.2. The van der Waals surface area contributed by atoms with Gasteiger partial charge in [-0.05, 0) is 26.0 Å². The lowest BCUT2D eigenvalue weighted by Crippen LogP contribution is -2.10. The van der Waals surface area contributed by atoms with Crippen molar-refractivity contribution in [2.45, 2.75) is 19.5 Å². The number of pyridine rings is 1. The van der Waals surface area contributed by atoms with Crippen molar-refractivity contribution in [1.82, 2.24) is 4.98 Å². The van der Waals surface area contributed by atoms with Crippen LogP contribution in [0.3, 0.4) is 0 Å². The first-order valence-corrected chi connectivity index (χ1v) is 3.69. The third-order valence-electron chi connectivity index (χ3n) is 1.33. The normalized spacial score (nSPS) is 11.6. The van der Waals surface area contributed by atoms with Gasteiger partial charge in [0.25, 0.3) is 0 Å². The van der Waals surface area contributed by atoms with E-state index in [2.05, 4.69) is 4.98 Å². The zero-order valence-corrected chi connectivity index (χ0v) is 7.19. The maximum Gasteiger partial charge on any atom is 0.147 e. The van der Waals surface area contributed by atoms with E-state index in [1.165, 1.54) is 26.1 Å². The molecule has 1 heterocycles. The fraction of sp³-hybridized carbons (Fsp3) is 0.375. The van der Waals surface area contributed by atoms with Crippen LogP contribution in [0.15, 0.2) is 18.3 Å². The van der Waals surface area contributed by atoms with Crippen molar-refractivity contribution in [3.8, 4) is 0 Å².